The molecule has 0 spiro atoms. The van der Waals surface area contributed by atoms with Crippen LogP contribution >= 0.6 is 11.6 Å². The first-order chi connectivity index (χ1) is 7.11. The molecule has 1 aliphatic carbocycles. The molecule has 1 aliphatic rings. The first kappa shape index (κ1) is 10.9. The summed E-state index contributed by atoms with van der Waals surface area (Å²) in [7, 11) is 0. The predicted molar refractivity (Wildman–Crippen MR) is 60.6 cm³/mol. The largest absolute Gasteiger partial charge is 0.324 e. The molecule has 0 aliphatic heterocycles. The maximum atomic E-state index is 13.5. The van der Waals surface area contributed by atoms with Crippen LogP contribution < -0.4 is 5.73 Å². The highest BCUT2D eigenvalue weighted by molar-refractivity contribution is 6.31. The van der Waals surface area contributed by atoms with Crippen molar-refractivity contribution in [2.24, 2.45) is 5.73 Å². The van der Waals surface area contributed by atoms with Gasteiger partial charge in [-0.2, -0.15) is 0 Å². The van der Waals surface area contributed by atoms with E-state index in [1.807, 2.05) is 0 Å². The van der Waals surface area contributed by atoms with Gasteiger partial charge in [-0.3, -0.25) is 0 Å². The van der Waals surface area contributed by atoms with Gasteiger partial charge in [0.25, 0.3) is 0 Å². The van der Waals surface area contributed by atoms with Crippen LogP contribution in [0.2, 0.25) is 5.02 Å². The first-order valence-corrected chi connectivity index (χ1v) is 5.72. The molecule has 0 heterocycles. The lowest BCUT2D eigenvalue weighted by molar-refractivity contribution is 0.591. The number of halogens is 2. The Kier molecular flexibility index (Phi) is 2.98. The van der Waals surface area contributed by atoms with E-state index in [4.69, 9.17) is 17.3 Å². The number of nitrogens with two attached hydrogens (primary N) is 1. The van der Waals surface area contributed by atoms with Gasteiger partial charge in [0.1, 0.15) is 5.82 Å². The number of benzene rings is 1. The average Bonchev–Trinajstić information content (AvgIpc) is 2.37. The van der Waals surface area contributed by atoms with Crippen LogP contribution in [0, 0.1) is 12.7 Å². The predicted octanol–water partition coefficient (Wildman–Crippen LogP) is 3.51. The summed E-state index contributed by atoms with van der Waals surface area (Å²) in [5.41, 5.74) is 8.73. The van der Waals surface area contributed by atoms with E-state index in [1.165, 1.54) is 6.07 Å². The van der Waals surface area contributed by atoms with Crippen molar-refractivity contribution in [3.8, 4) is 0 Å². The molecule has 3 heteroatoms. The Morgan fingerprint density at radius 3 is 2.93 bits per heavy atom. The van der Waals surface area contributed by atoms with Crippen LogP contribution in [0.1, 0.15) is 42.0 Å². The monoisotopic (exact) mass is 227 g/mol. The van der Waals surface area contributed by atoms with Gasteiger partial charge in [-0.1, -0.05) is 18.0 Å². The second-order valence-electron chi connectivity index (χ2n) is 4.21. The summed E-state index contributed by atoms with van der Waals surface area (Å²) in [6, 6.07) is 1.35. The van der Waals surface area contributed by atoms with E-state index in [0.29, 0.717) is 10.6 Å². The third-order valence-electron chi connectivity index (χ3n) is 3.19. The molecule has 1 atom stereocenters. The summed E-state index contributed by atoms with van der Waals surface area (Å²) in [6.45, 7) is 1.79. The molecule has 0 amide bonds. The minimum Gasteiger partial charge on any atom is -0.324 e. The molecular formula is C12H15ClFN. The van der Waals surface area contributed by atoms with Crippen molar-refractivity contribution in [1.29, 1.82) is 0 Å². The van der Waals surface area contributed by atoms with Crippen LogP contribution in [0.3, 0.4) is 0 Å². The molecule has 0 saturated heterocycles. The highest BCUT2D eigenvalue weighted by Crippen LogP contribution is 2.35. The van der Waals surface area contributed by atoms with E-state index in [-0.39, 0.29) is 11.9 Å². The van der Waals surface area contributed by atoms with Crippen LogP contribution in [0.25, 0.3) is 0 Å². The van der Waals surface area contributed by atoms with Gasteiger partial charge in [0.2, 0.25) is 0 Å². The fourth-order valence-electron chi connectivity index (χ4n) is 2.36. The molecule has 15 heavy (non-hydrogen) atoms. The summed E-state index contributed by atoms with van der Waals surface area (Å²) in [5, 5.41) is 0.533. The average molecular weight is 228 g/mol. The van der Waals surface area contributed by atoms with Crippen molar-refractivity contribution >= 4 is 11.6 Å². The number of rotatable bonds is 0. The lowest BCUT2D eigenvalue weighted by atomic mass is 9.94. The summed E-state index contributed by atoms with van der Waals surface area (Å²) in [6.07, 6.45) is 4.02. The van der Waals surface area contributed by atoms with Gasteiger partial charge < -0.3 is 5.73 Å². The van der Waals surface area contributed by atoms with Crippen LogP contribution in [-0.2, 0) is 6.42 Å². The van der Waals surface area contributed by atoms with Crippen molar-refractivity contribution in [2.75, 3.05) is 0 Å². The fourth-order valence-corrected chi connectivity index (χ4v) is 2.65. The molecule has 0 fully saturated rings. The molecule has 1 nitrogen and oxygen atoms in total. The Morgan fingerprint density at radius 1 is 1.47 bits per heavy atom. The van der Waals surface area contributed by atoms with Gasteiger partial charge in [-0.05, 0) is 48.9 Å². The molecule has 2 N–H and O–H groups in total. The van der Waals surface area contributed by atoms with Crippen molar-refractivity contribution in [2.45, 2.75) is 38.6 Å². The van der Waals surface area contributed by atoms with E-state index in [0.717, 1.165) is 36.8 Å². The number of hydrogen-bond donors (Lipinski definition) is 1. The van der Waals surface area contributed by atoms with Crippen molar-refractivity contribution in [3.63, 3.8) is 0 Å². The van der Waals surface area contributed by atoms with Crippen LogP contribution in [-0.4, -0.2) is 0 Å². The zero-order valence-electron chi connectivity index (χ0n) is 8.82. The standard InChI is InChI=1S/C12H15ClFN/c1-7-10(14)6-9(13)8-4-2-3-5-11(15)12(7)8/h6,11H,2-5,15H2,1H3/t11-/m0/s1. The minimum absolute atomic E-state index is 0.0595. The molecule has 0 unspecified atom stereocenters. The molecule has 1 aromatic rings. The summed E-state index contributed by atoms with van der Waals surface area (Å²) in [4.78, 5) is 0. The second-order valence-corrected chi connectivity index (χ2v) is 4.62. The van der Waals surface area contributed by atoms with Crippen LogP contribution in [0.15, 0.2) is 6.07 Å². The van der Waals surface area contributed by atoms with Crippen LogP contribution in [0.4, 0.5) is 4.39 Å². The third-order valence-corrected chi connectivity index (χ3v) is 3.53. The molecule has 1 aromatic carbocycles. The van der Waals surface area contributed by atoms with E-state index >= 15 is 0 Å². The highest BCUT2D eigenvalue weighted by Gasteiger charge is 2.21. The van der Waals surface area contributed by atoms with E-state index in [9.17, 15) is 4.39 Å². The summed E-state index contributed by atoms with van der Waals surface area (Å²) < 4.78 is 13.5. The van der Waals surface area contributed by atoms with Crippen LogP contribution in [0.5, 0.6) is 0 Å². The SMILES string of the molecule is Cc1c(F)cc(Cl)c2c1[C@@H](N)CCCC2. The molecule has 0 bridgehead atoms. The van der Waals surface area contributed by atoms with Gasteiger partial charge >= 0.3 is 0 Å². The summed E-state index contributed by atoms with van der Waals surface area (Å²) in [5.74, 6) is -0.240. The van der Waals surface area contributed by atoms with Gasteiger partial charge in [0.15, 0.2) is 0 Å². The lowest BCUT2D eigenvalue weighted by Crippen LogP contribution is -2.13. The third kappa shape index (κ3) is 1.88. The van der Waals surface area contributed by atoms with Gasteiger partial charge in [0, 0.05) is 11.1 Å². The zero-order chi connectivity index (χ0) is 11.0. The Labute approximate surface area is 94.4 Å². The molecule has 82 valence electrons. The van der Waals surface area contributed by atoms with Crippen molar-refractivity contribution < 1.29 is 4.39 Å². The van der Waals surface area contributed by atoms with E-state index in [1.54, 1.807) is 6.92 Å². The highest BCUT2D eigenvalue weighted by atomic mass is 35.5. The van der Waals surface area contributed by atoms with E-state index in [2.05, 4.69) is 0 Å². The Balaban J connectivity index is 2.63. The molecular weight excluding hydrogens is 213 g/mol. The maximum absolute atomic E-state index is 13.5. The smallest absolute Gasteiger partial charge is 0.127 e. The normalized spacial score (nSPS) is 20.9. The number of fused-ring (bicyclic) bond motifs is 1. The van der Waals surface area contributed by atoms with Crippen molar-refractivity contribution in [3.05, 3.63) is 33.6 Å². The fraction of sp³-hybridized carbons (Fsp3) is 0.500. The molecule has 0 aromatic heterocycles. The van der Waals surface area contributed by atoms with E-state index < -0.39 is 0 Å². The molecule has 0 radical (unpaired) electrons. The molecule has 0 saturated carbocycles. The number of hydrogen-bond acceptors (Lipinski definition) is 1. The lowest BCUT2D eigenvalue weighted by Gasteiger charge is -2.17. The first-order valence-electron chi connectivity index (χ1n) is 5.34. The molecule has 2 rings (SSSR count). The van der Waals surface area contributed by atoms with Gasteiger partial charge in [-0.15, -0.1) is 0 Å². The van der Waals surface area contributed by atoms with Gasteiger partial charge in [0.05, 0.1) is 0 Å². The maximum Gasteiger partial charge on any atom is 0.127 e. The topological polar surface area (TPSA) is 26.0 Å². The summed E-state index contributed by atoms with van der Waals surface area (Å²) >= 11 is 6.06. The zero-order valence-corrected chi connectivity index (χ0v) is 9.57. The Bertz CT molecular complexity index is 390. The van der Waals surface area contributed by atoms with Gasteiger partial charge in [-0.25, -0.2) is 4.39 Å². The minimum atomic E-state index is -0.240. The second kappa shape index (κ2) is 4.11. The quantitative estimate of drug-likeness (QED) is 0.675. The Morgan fingerprint density at radius 2 is 2.20 bits per heavy atom. The Hall–Kier alpha value is -0.600. The van der Waals surface area contributed by atoms with Crippen molar-refractivity contribution in [1.82, 2.24) is 0 Å².